The summed E-state index contributed by atoms with van der Waals surface area (Å²) in [5.74, 6) is 1.32. The van der Waals surface area contributed by atoms with Crippen LogP contribution in [0.4, 0.5) is 0 Å². The normalized spacial score (nSPS) is 11.8. The number of likely N-dealkylation sites (N-methyl/N-ethyl adjacent to an activating group) is 1. The van der Waals surface area contributed by atoms with E-state index in [9.17, 15) is 4.79 Å². The summed E-state index contributed by atoms with van der Waals surface area (Å²) in [6, 6.07) is 7.10. The van der Waals surface area contributed by atoms with Crippen molar-refractivity contribution in [3.05, 3.63) is 24.3 Å². The Balaban J connectivity index is 2.39. The molecular formula is C15H23NO4. The maximum atomic E-state index is 11.5. The van der Waals surface area contributed by atoms with Gasteiger partial charge in [0.15, 0.2) is 0 Å². The molecule has 0 amide bonds. The Morgan fingerprint density at radius 3 is 2.25 bits per heavy atom. The molecule has 0 radical (unpaired) electrons. The molecule has 0 aliphatic carbocycles. The zero-order valence-electron chi connectivity index (χ0n) is 12.3. The van der Waals surface area contributed by atoms with Crippen LogP contribution in [0.5, 0.6) is 11.5 Å². The molecule has 0 saturated heterocycles. The van der Waals surface area contributed by atoms with Crippen LogP contribution >= 0.6 is 0 Å². The molecule has 5 heteroatoms. The van der Waals surface area contributed by atoms with Gasteiger partial charge in [0.1, 0.15) is 17.5 Å². The molecule has 0 bridgehead atoms. The molecule has 0 spiro atoms. The summed E-state index contributed by atoms with van der Waals surface area (Å²) in [7, 11) is 1.39. The molecule has 0 aliphatic heterocycles. The number of esters is 1. The van der Waals surface area contributed by atoms with E-state index in [1.807, 2.05) is 38.1 Å². The number of ether oxygens (including phenoxy) is 3. The minimum absolute atomic E-state index is 0.262. The van der Waals surface area contributed by atoms with Gasteiger partial charge in [-0.2, -0.15) is 0 Å². The van der Waals surface area contributed by atoms with Crippen LogP contribution in [0.3, 0.4) is 0 Å². The Bertz CT molecular complexity index is 391. The van der Waals surface area contributed by atoms with Crippen LogP contribution in [-0.2, 0) is 9.53 Å². The minimum Gasteiger partial charge on any atom is -0.494 e. The van der Waals surface area contributed by atoms with Crippen LogP contribution in [-0.4, -0.2) is 38.9 Å². The van der Waals surface area contributed by atoms with Crippen molar-refractivity contribution >= 4 is 5.97 Å². The molecule has 1 rings (SSSR count). The highest BCUT2D eigenvalue weighted by atomic mass is 16.5. The summed E-state index contributed by atoms with van der Waals surface area (Å²) < 4.78 is 15.7. The van der Waals surface area contributed by atoms with E-state index in [-0.39, 0.29) is 12.0 Å². The lowest BCUT2D eigenvalue weighted by molar-refractivity contribution is -0.143. The van der Waals surface area contributed by atoms with E-state index in [0.29, 0.717) is 26.2 Å². The van der Waals surface area contributed by atoms with Crippen LogP contribution in [0.2, 0.25) is 0 Å². The average molecular weight is 281 g/mol. The molecule has 0 heterocycles. The first-order chi connectivity index (χ1) is 9.71. The SMILES string of the molecule is CCNC(CCOc1ccc(OCC)cc1)C(=O)OC. The van der Waals surface area contributed by atoms with Crippen molar-refractivity contribution in [3.63, 3.8) is 0 Å². The van der Waals surface area contributed by atoms with Crippen LogP contribution in [0.1, 0.15) is 20.3 Å². The van der Waals surface area contributed by atoms with Crippen molar-refractivity contribution in [2.75, 3.05) is 26.9 Å². The summed E-state index contributed by atoms with van der Waals surface area (Å²) in [5, 5.41) is 3.07. The Hall–Kier alpha value is -1.75. The van der Waals surface area contributed by atoms with E-state index < -0.39 is 0 Å². The van der Waals surface area contributed by atoms with Crippen molar-refractivity contribution in [1.29, 1.82) is 0 Å². The average Bonchev–Trinajstić information content (AvgIpc) is 2.47. The van der Waals surface area contributed by atoms with Gasteiger partial charge in [0.2, 0.25) is 0 Å². The van der Waals surface area contributed by atoms with E-state index >= 15 is 0 Å². The van der Waals surface area contributed by atoms with Gasteiger partial charge in [0.25, 0.3) is 0 Å². The quantitative estimate of drug-likeness (QED) is 0.702. The number of hydrogen-bond donors (Lipinski definition) is 1. The van der Waals surface area contributed by atoms with Crippen molar-refractivity contribution in [2.45, 2.75) is 26.3 Å². The highest BCUT2D eigenvalue weighted by molar-refractivity contribution is 5.75. The van der Waals surface area contributed by atoms with Gasteiger partial charge >= 0.3 is 5.97 Å². The zero-order chi connectivity index (χ0) is 14.8. The number of methoxy groups -OCH3 is 1. The van der Waals surface area contributed by atoms with Gasteiger partial charge < -0.3 is 19.5 Å². The second kappa shape index (κ2) is 9.20. The van der Waals surface area contributed by atoms with Crippen molar-refractivity contribution in [1.82, 2.24) is 5.32 Å². The molecule has 1 aromatic carbocycles. The van der Waals surface area contributed by atoms with Gasteiger partial charge in [-0.1, -0.05) is 6.92 Å². The number of carbonyl (C=O) groups is 1. The first kappa shape index (κ1) is 16.3. The Kier molecular flexibility index (Phi) is 7.50. The topological polar surface area (TPSA) is 56.8 Å². The fourth-order valence-electron chi connectivity index (χ4n) is 1.79. The smallest absolute Gasteiger partial charge is 0.322 e. The van der Waals surface area contributed by atoms with Gasteiger partial charge in [-0.3, -0.25) is 4.79 Å². The molecule has 5 nitrogen and oxygen atoms in total. The molecular weight excluding hydrogens is 258 g/mol. The summed E-state index contributed by atoms with van der Waals surface area (Å²) in [6.45, 7) is 5.69. The third kappa shape index (κ3) is 5.48. The van der Waals surface area contributed by atoms with Gasteiger partial charge in [0.05, 0.1) is 20.3 Å². The lowest BCUT2D eigenvalue weighted by Gasteiger charge is -2.15. The lowest BCUT2D eigenvalue weighted by Crippen LogP contribution is -2.38. The molecule has 0 aromatic heterocycles. The fraction of sp³-hybridized carbons (Fsp3) is 0.533. The maximum absolute atomic E-state index is 11.5. The van der Waals surface area contributed by atoms with E-state index in [0.717, 1.165) is 11.5 Å². The third-order valence-corrected chi connectivity index (χ3v) is 2.75. The second-order valence-corrected chi connectivity index (χ2v) is 4.17. The van der Waals surface area contributed by atoms with Crippen LogP contribution < -0.4 is 14.8 Å². The van der Waals surface area contributed by atoms with Gasteiger partial charge in [-0.15, -0.1) is 0 Å². The van der Waals surface area contributed by atoms with Crippen LogP contribution in [0.25, 0.3) is 0 Å². The molecule has 1 atom stereocenters. The number of benzene rings is 1. The highest BCUT2D eigenvalue weighted by Gasteiger charge is 2.17. The highest BCUT2D eigenvalue weighted by Crippen LogP contribution is 2.17. The van der Waals surface area contributed by atoms with Gasteiger partial charge in [0, 0.05) is 6.42 Å². The second-order valence-electron chi connectivity index (χ2n) is 4.17. The monoisotopic (exact) mass is 281 g/mol. The predicted octanol–water partition coefficient (Wildman–Crippen LogP) is 2.01. The van der Waals surface area contributed by atoms with E-state index in [1.54, 1.807) is 0 Å². The van der Waals surface area contributed by atoms with E-state index in [2.05, 4.69) is 5.32 Å². The number of carbonyl (C=O) groups excluding carboxylic acids is 1. The molecule has 1 N–H and O–H groups in total. The summed E-state index contributed by atoms with van der Waals surface area (Å²) in [4.78, 5) is 11.5. The number of nitrogens with one attached hydrogen (secondary N) is 1. The van der Waals surface area contributed by atoms with Crippen LogP contribution in [0.15, 0.2) is 24.3 Å². The first-order valence-corrected chi connectivity index (χ1v) is 6.88. The molecule has 1 unspecified atom stereocenters. The van der Waals surface area contributed by atoms with E-state index in [4.69, 9.17) is 14.2 Å². The Morgan fingerprint density at radius 1 is 1.15 bits per heavy atom. The maximum Gasteiger partial charge on any atom is 0.322 e. The number of hydrogen-bond acceptors (Lipinski definition) is 5. The third-order valence-electron chi connectivity index (χ3n) is 2.75. The lowest BCUT2D eigenvalue weighted by atomic mass is 10.2. The summed E-state index contributed by atoms with van der Waals surface area (Å²) >= 11 is 0. The minimum atomic E-state index is -0.326. The van der Waals surface area contributed by atoms with Crippen molar-refractivity contribution in [3.8, 4) is 11.5 Å². The van der Waals surface area contributed by atoms with Crippen molar-refractivity contribution in [2.24, 2.45) is 0 Å². The summed E-state index contributed by atoms with van der Waals surface area (Å²) in [5.41, 5.74) is 0. The predicted molar refractivity (Wildman–Crippen MR) is 77.2 cm³/mol. The van der Waals surface area contributed by atoms with Crippen LogP contribution in [0, 0.1) is 0 Å². The fourth-order valence-corrected chi connectivity index (χ4v) is 1.79. The molecule has 1 aromatic rings. The Morgan fingerprint density at radius 2 is 1.75 bits per heavy atom. The van der Waals surface area contributed by atoms with Gasteiger partial charge in [-0.05, 0) is 37.7 Å². The summed E-state index contributed by atoms with van der Waals surface area (Å²) in [6.07, 6.45) is 0.563. The number of rotatable bonds is 9. The first-order valence-electron chi connectivity index (χ1n) is 6.88. The largest absolute Gasteiger partial charge is 0.494 e. The van der Waals surface area contributed by atoms with E-state index in [1.165, 1.54) is 7.11 Å². The molecule has 0 aliphatic rings. The van der Waals surface area contributed by atoms with Gasteiger partial charge in [-0.25, -0.2) is 0 Å². The molecule has 20 heavy (non-hydrogen) atoms. The molecule has 112 valence electrons. The van der Waals surface area contributed by atoms with Crippen molar-refractivity contribution < 1.29 is 19.0 Å². The Labute approximate surface area is 120 Å². The zero-order valence-corrected chi connectivity index (χ0v) is 12.3. The molecule has 0 fully saturated rings. The standard InChI is InChI=1S/C15H23NO4/c1-4-16-14(15(17)18-3)10-11-20-13-8-6-12(7-9-13)19-5-2/h6-9,14,16H,4-5,10-11H2,1-3H3. The molecule has 0 saturated carbocycles.